The SMILES string of the molecule is CN(Cc1cscn1)c1cc(Br)ncn1. The van der Waals surface area contributed by atoms with Crippen molar-refractivity contribution in [3.05, 3.63) is 33.6 Å². The Hall–Kier alpha value is -1.01. The van der Waals surface area contributed by atoms with E-state index >= 15 is 0 Å². The number of anilines is 1. The van der Waals surface area contributed by atoms with Crippen LogP contribution < -0.4 is 4.90 Å². The van der Waals surface area contributed by atoms with E-state index in [0.717, 1.165) is 22.7 Å². The summed E-state index contributed by atoms with van der Waals surface area (Å²) >= 11 is 4.92. The van der Waals surface area contributed by atoms with E-state index in [-0.39, 0.29) is 0 Å². The minimum atomic E-state index is 0.757. The van der Waals surface area contributed by atoms with Gasteiger partial charge in [0.1, 0.15) is 16.7 Å². The highest BCUT2D eigenvalue weighted by atomic mass is 79.9. The van der Waals surface area contributed by atoms with Crippen LogP contribution in [0.5, 0.6) is 0 Å². The van der Waals surface area contributed by atoms with Gasteiger partial charge in [0.15, 0.2) is 0 Å². The first-order valence-corrected chi connectivity index (χ1v) is 6.05. The maximum atomic E-state index is 4.23. The molecule has 0 amide bonds. The fourth-order valence-corrected chi connectivity index (χ4v) is 2.02. The van der Waals surface area contributed by atoms with Crippen LogP contribution >= 0.6 is 27.3 Å². The lowest BCUT2D eigenvalue weighted by molar-refractivity contribution is 0.867. The highest BCUT2D eigenvalue weighted by Gasteiger charge is 2.05. The number of halogens is 1. The van der Waals surface area contributed by atoms with E-state index in [9.17, 15) is 0 Å². The molecule has 4 nitrogen and oxygen atoms in total. The Bertz CT molecular complexity index is 431. The van der Waals surface area contributed by atoms with Crippen molar-refractivity contribution < 1.29 is 0 Å². The molecule has 0 aliphatic rings. The Morgan fingerprint density at radius 1 is 1.40 bits per heavy atom. The highest BCUT2D eigenvalue weighted by molar-refractivity contribution is 9.10. The molecule has 2 rings (SSSR count). The van der Waals surface area contributed by atoms with Gasteiger partial charge in [0.25, 0.3) is 0 Å². The molecule has 2 heterocycles. The molecule has 6 heteroatoms. The zero-order chi connectivity index (χ0) is 10.7. The monoisotopic (exact) mass is 284 g/mol. The third-order valence-electron chi connectivity index (χ3n) is 1.89. The van der Waals surface area contributed by atoms with Crippen LogP contribution in [0.15, 0.2) is 27.9 Å². The molecule has 2 aromatic heterocycles. The molecule has 0 aromatic carbocycles. The zero-order valence-corrected chi connectivity index (χ0v) is 10.5. The quantitative estimate of drug-likeness (QED) is 0.812. The Balaban J connectivity index is 2.11. The van der Waals surface area contributed by atoms with Gasteiger partial charge in [0.05, 0.1) is 17.7 Å². The van der Waals surface area contributed by atoms with Crippen LogP contribution in [-0.4, -0.2) is 22.0 Å². The second kappa shape index (κ2) is 4.67. The van der Waals surface area contributed by atoms with Crippen molar-refractivity contribution in [2.24, 2.45) is 0 Å². The average Bonchev–Trinajstić information content (AvgIpc) is 2.70. The molecular weight excluding hydrogens is 276 g/mol. The summed E-state index contributed by atoms with van der Waals surface area (Å²) in [6, 6.07) is 1.88. The summed E-state index contributed by atoms with van der Waals surface area (Å²) in [6.07, 6.45) is 1.54. The third kappa shape index (κ3) is 2.73. The molecule has 0 aliphatic carbocycles. The van der Waals surface area contributed by atoms with Crippen molar-refractivity contribution in [2.45, 2.75) is 6.54 Å². The molecule has 0 unspecified atom stereocenters. The maximum Gasteiger partial charge on any atom is 0.133 e. The lowest BCUT2D eigenvalue weighted by Crippen LogP contribution is -2.17. The van der Waals surface area contributed by atoms with E-state index in [0.29, 0.717) is 0 Å². The van der Waals surface area contributed by atoms with Crippen LogP contribution in [0.25, 0.3) is 0 Å². The minimum absolute atomic E-state index is 0.757. The zero-order valence-electron chi connectivity index (χ0n) is 8.09. The number of aromatic nitrogens is 3. The van der Waals surface area contributed by atoms with Gasteiger partial charge in [0, 0.05) is 18.5 Å². The molecule has 0 bridgehead atoms. The largest absolute Gasteiger partial charge is 0.354 e. The van der Waals surface area contributed by atoms with Crippen LogP contribution in [-0.2, 0) is 6.54 Å². The number of hydrogen-bond acceptors (Lipinski definition) is 5. The van der Waals surface area contributed by atoms with Crippen molar-refractivity contribution >= 4 is 33.1 Å². The van der Waals surface area contributed by atoms with Gasteiger partial charge in [-0.1, -0.05) is 0 Å². The topological polar surface area (TPSA) is 41.9 Å². The number of hydrogen-bond donors (Lipinski definition) is 0. The molecule has 0 spiro atoms. The van der Waals surface area contributed by atoms with E-state index in [1.807, 2.05) is 28.9 Å². The fraction of sp³-hybridized carbons (Fsp3) is 0.222. The number of rotatable bonds is 3. The molecule has 0 saturated heterocycles. The van der Waals surface area contributed by atoms with Gasteiger partial charge in [0.2, 0.25) is 0 Å². The standard InChI is InChI=1S/C9H9BrN4S/c1-14(3-7-4-15-6-13-7)9-2-8(10)11-5-12-9/h2,4-6H,3H2,1H3. The van der Waals surface area contributed by atoms with Gasteiger partial charge < -0.3 is 4.90 Å². The Morgan fingerprint density at radius 2 is 2.27 bits per heavy atom. The maximum absolute atomic E-state index is 4.23. The minimum Gasteiger partial charge on any atom is -0.354 e. The van der Waals surface area contributed by atoms with Crippen molar-refractivity contribution in [1.29, 1.82) is 0 Å². The smallest absolute Gasteiger partial charge is 0.133 e. The normalized spacial score (nSPS) is 10.3. The molecule has 0 saturated carbocycles. The molecule has 2 aromatic rings. The van der Waals surface area contributed by atoms with Gasteiger partial charge >= 0.3 is 0 Å². The molecular formula is C9H9BrN4S. The summed E-state index contributed by atoms with van der Waals surface area (Å²) in [5.74, 6) is 0.880. The first-order chi connectivity index (χ1) is 7.25. The molecule has 0 atom stereocenters. The van der Waals surface area contributed by atoms with E-state index in [4.69, 9.17) is 0 Å². The Kier molecular flexibility index (Phi) is 3.27. The fourth-order valence-electron chi connectivity index (χ4n) is 1.17. The van der Waals surface area contributed by atoms with Crippen molar-refractivity contribution in [3.8, 4) is 0 Å². The van der Waals surface area contributed by atoms with Gasteiger partial charge in [-0.3, -0.25) is 0 Å². The van der Waals surface area contributed by atoms with E-state index in [1.165, 1.54) is 6.33 Å². The van der Waals surface area contributed by atoms with E-state index in [2.05, 4.69) is 30.9 Å². The third-order valence-corrected chi connectivity index (χ3v) is 2.96. The second-order valence-electron chi connectivity index (χ2n) is 3.03. The average molecular weight is 285 g/mol. The number of nitrogens with zero attached hydrogens (tertiary/aromatic N) is 4. The lowest BCUT2D eigenvalue weighted by Gasteiger charge is -2.16. The second-order valence-corrected chi connectivity index (χ2v) is 4.57. The highest BCUT2D eigenvalue weighted by Crippen LogP contribution is 2.15. The molecule has 0 radical (unpaired) electrons. The van der Waals surface area contributed by atoms with Crippen LogP contribution in [0.1, 0.15) is 5.69 Å². The summed E-state index contributed by atoms with van der Waals surface area (Å²) in [5.41, 5.74) is 2.89. The Morgan fingerprint density at radius 3 is 2.93 bits per heavy atom. The van der Waals surface area contributed by atoms with Crippen molar-refractivity contribution in [2.75, 3.05) is 11.9 Å². The summed E-state index contributed by atoms with van der Waals surface area (Å²) in [6.45, 7) is 0.757. The summed E-state index contributed by atoms with van der Waals surface area (Å²) < 4.78 is 0.789. The molecule has 0 fully saturated rings. The molecule has 15 heavy (non-hydrogen) atoms. The Labute approximate surface area is 100 Å². The van der Waals surface area contributed by atoms with Gasteiger partial charge in [-0.15, -0.1) is 11.3 Å². The van der Waals surface area contributed by atoms with Gasteiger partial charge in [-0.2, -0.15) is 0 Å². The molecule has 0 N–H and O–H groups in total. The first kappa shape index (κ1) is 10.5. The number of thiazole rings is 1. The van der Waals surface area contributed by atoms with Crippen LogP contribution in [0.3, 0.4) is 0 Å². The van der Waals surface area contributed by atoms with Gasteiger partial charge in [-0.05, 0) is 15.9 Å². The van der Waals surface area contributed by atoms with Crippen molar-refractivity contribution in [1.82, 2.24) is 15.0 Å². The predicted octanol–water partition coefficient (Wildman–Crippen LogP) is 2.33. The lowest BCUT2D eigenvalue weighted by atomic mass is 10.4. The van der Waals surface area contributed by atoms with Crippen LogP contribution in [0.2, 0.25) is 0 Å². The van der Waals surface area contributed by atoms with Gasteiger partial charge in [-0.25, -0.2) is 15.0 Å². The summed E-state index contributed by atoms with van der Waals surface area (Å²) in [4.78, 5) is 14.4. The van der Waals surface area contributed by atoms with Crippen LogP contribution in [0, 0.1) is 0 Å². The van der Waals surface area contributed by atoms with Crippen LogP contribution in [0.4, 0.5) is 5.82 Å². The summed E-state index contributed by atoms with van der Waals surface area (Å²) in [7, 11) is 1.98. The van der Waals surface area contributed by atoms with E-state index in [1.54, 1.807) is 11.3 Å². The molecule has 78 valence electrons. The predicted molar refractivity (Wildman–Crippen MR) is 64.0 cm³/mol. The first-order valence-electron chi connectivity index (χ1n) is 4.31. The van der Waals surface area contributed by atoms with Crippen molar-refractivity contribution in [3.63, 3.8) is 0 Å². The summed E-state index contributed by atoms with van der Waals surface area (Å²) in [5, 5.41) is 2.03. The van der Waals surface area contributed by atoms with E-state index < -0.39 is 0 Å². The molecule has 0 aliphatic heterocycles.